The molecule has 0 N–H and O–H groups in total. The van der Waals surface area contributed by atoms with Crippen LogP contribution >= 0.6 is 0 Å². The van der Waals surface area contributed by atoms with Crippen molar-refractivity contribution in [2.45, 2.75) is 30.4 Å². The third-order valence-corrected chi connectivity index (χ3v) is 6.98. The molecule has 1 aliphatic heterocycles. The molecule has 1 fully saturated rings. The minimum absolute atomic E-state index is 0.0519. The zero-order valence-corrected chi connectivity index (χ0v) is 16.8. The van der Waals surface area contributed by atoms with E-state index in [9.17, 15) is 13.2 Å². The SMILES string of the molecule is C=C[C@@H]1C[C@@H](c2ccc3ccccc3c2)OC(=O)N1S(=O)(=O)c1ccc(C)cc1. The molecule has 0 saturated carbocycles. The largest absolute Gasteiger partial charge is 0.440 e. The highest BCUT2D eigenvalue weighted by Gasteiger charge is 2.42. The Morgan fingerprint density at radius 3 is 2.41 bits per heavy atom. The highest BCUT2D eigenvalue weighted by atomic mass is 32.2. The molecule has 0 aromatic heterocycles. The molecule has 2 atom stereocenters. The number of cyclic esters (lactones) is 1. The molecule has 6 heteroatoms. The Morgan fingerprint density at radius 1 is 1.03 bits per heavy atom. The third kappa shape index (κ3) is 3.51. The van der Waals surface area contributed by atoms with Crippen molar-refractivity contribution in [2.75, 3.05) is 0 Å². The third-order valence-electron chi connectivity index (χ3n) is 5.17. The number of fused-ring (bicyclic) bond motifs is 1. The zero-order chi connectivity index (χ0) is 20.6. The molecule has 1 heterocycles. The second-order valence-electron chi connectivity index (χ2n) is 7.13. The Bertz CT molecular complexity index is 1180. The van der Waals surface area contributed by atoms with Crippen molar-refractivity contribution in [3.8, 4) is 0 Å². The summed E-state index contributed by atoms with van der Waals surface area (Å²) in [5.41, 5.74) is 1.76. The van der Waals surface area contributed by atoms with E-state index >= 15 is 0 Å². The number of hydrogen-bond acceptors (Lipinski definition) is 4. The van der Waals surface area contributed by atoms with Crippen molar-refractivity contribution >= 4 is 26.9 Å². The van der Waals surface area contributed by atoms with Gasteiger partial charge in [-0.3, -0.25) is 0 Å². The molecule has 4 rings (SSSR count). The fourth-order valence-corrected chi connectivity index (χ4v) is 5.05. The molecule has 3 aromatic rings. The first-order valence-corrected chi connectivity index (χ1v) is 10.8. The molecule has 3 aromatic carbocycles. The first-order chi connectivity index (χ1) is 13.9. The average Bonchev–Trinajstić information content (AvgIpc) is 2.72. The quantitative estimate of drug-likeness (QED) is 0.573. The molecule has 1 saturated heterocycles. The molecule has 148 valence electrons. The molecule has 0 unspecified atom stereocenters. The van der Waals surface area contributed by atoms with Gasteiger partial charge in [-0.05, 0) is 41.5 Å². The number of rotatable bonds is 4. The molecule has 1 aliphatic rings. The molecule has 0 aliphatic carbocycles. The Balaban J connectivity index is 1.66. The summed E-state index contributed by atoms with van der Waals surface area (Å²) >= 11 is 0. The van der Waals surface area contributed by atoms with Crippen molar-refractivity contribution in [2.24, 2.45) is 0 Å². The lowest BCUT2D eigenvalue weighted by atomic mass is 9.98. The van der Waals surface area contributed by atoms with Gasteiger partial charge >= 0.3 is 6.09 Å². The number of hydrogen-bond donors (Lipinski definition) is 0. The molecule has 5 nitrogen and oxygen atoms in total. The molecule has 0 spiro atoms. The van der Waals surface area contributed by atoms with E-state index in [0.717, 1.165) is 26.2 Å². The number of sulfonamides is 1. The molecule has 0 radical (unpaired) electrons. The van der Waals surface area contributed by atoms with E-state index in [1.54, 1.807) is 12.1 Å². The van der Waals surface area contributed by atoms with Crippen LogP contribution in [0.4, 0.5) is 4.79 Å². The molecular weight excluding hydrogens is 386 g/mol. The normalized spacial score (nSPS) is 19.8. The van der Waals surface area contributed by atoms with Crippen LogP contribution in [0.3, 0.4) is 0 Å². The summed E-state index contributed by atoms with van der Waals surface area (Å²) in [6.45, 7) is 5.62. The van der Waals surface area contributed by atoms with Crippen LogP contribution in [0.2, 0.25) is 0 Å². The van der Waals surface area contributed by atoms with Gasteiger partial charge in [0.15, 0.2) is 0 Å². The Kier molecular flexibility index (Phi) is 4.88. The fraction of sp³-hybridized carbons (Fsp3) is 0.174. The van der Waals surface area contributed by atoms with Crippen LogP contribution in [0.1, 0.15) is 23.7 Å². The summed E-state index contributed by atoms with van der Waals surface area (Å²) in [6.07, 6.45) is 0.359. The molecule has 1 amide bonds. The van der Waals surface area contributed by atoms with E-state index < -0.39 is 28.3 Å². The van der Waals surface area contributed by atoms with Crippen LogP contribution in [0.5, 0.6) is 0 Å². The van der Waals surface area contributed by atoms with Crippen molar-refractivity contribution in [3.63, 3.8) is 0 Å². The zero-order valence-electron chi connectivity index (χ0n) is 16.0. The average molecular weight is 407 g/mol. The van der Waals surface area contributed by atoms with Crippen LogP contribution < -0.4 is 0 Å². The monoisotopic (exact) mass is 407 g/mol. The van der Waals surface area contributed by atoms with Gasteiger partial charge in [0, 0.05) is 6.42 Å². The number of aryl methyl sites for hydroxylation is 1. The Labute approximate surface area is 170 Å². The number of carbonyl (C=O) groups is 1. The number of carbonyl (C=O) groups excluding carboxylic acids is 1. The second kappa shape index (κ2) is 7.37. The molecule has 0 bridgehead atoms. The van der Waals surface area contributed by atoms with E-state index in [4.69, 9.17) is 4.74 Å². The van der Waals surface area contributed by atoms with Gasteiger partial charge in [0.1, 0.15) is 6.10 Å². The number of benzene rings is 3. The van der Waals surface area contributed by atoms with Gasteiger partial charge < -0.3 is 4.74 Å². The van der Waals surface area contributed by atoms with Gasteiger partial charge in [-0.25, -0.2) is 13.2 Å². The van der Waals surface area contributed by atoms with Crippen LogP contribution in [0, 0.1) is 6.92 Å². The highest BCUT2D eigenvalue weighted by molar-refractivity contribution is 7.89. The fourth-order valence-electron chi connectivity index (χ4n) is 3.58. The maximum absolute atomic E-state index is 13.1. The standard InChI is InChI=1S/C23H21NO4S/c1-3-20-15-22(19-11-10-17-6-4-5-7-18(17)14-19)28-23(25)24(20)29(26,27)21-12-8-16(2)9-13-21/h3-14,20,22H,1,15H2,2H3/t20-,22+/m1/s1. The van der Waals surface area contributed by atoms with Gasteiger partial charge in [0.25, 0.3) is 10.0 Å². The summed E-state index contributed by atoms with van der Waals surface area (Å²) in [5.74, 6) is 0. The van der Waals surface area contributed by atoms with E-state index in [1.165, 1.54) is 18.2 Å². The lowest BCUT2D eigenvalue weighted by Crippen LogP contribution is -2.48. The van der Waals surface area contributed by atoms with Crippen LogP contribution in [-0.4, -0.2) is 24.9 Å². The summed E-state index contributed by atoms with van der Waals surface area (Å²) in [4.78, 5) is 12.8. The van der Waals surface area contributed by atoms with Gasteiger partial charge in [-0.1, -0.05) is 60.2 Å². The van der Waals surface area contributed by atoms with E-state index in [0.29, 0.717) is 6.42 Å². The summed E-state index contributed by atoms with van der Waals surface area (Å²) in [5, 5.41) is 2.12. The number of nitrogens with zero attached hydrogens (tertiary/aromatic N) is 1. The van der Waals surface area contributed by atoms with Crippen molar-refractivity contribution < 1.29 is 17.9 Å². The van der Waals surface area contributed by atoms with Crippen LogP contribution in [-0.2, 0) is 14.8 Å². The second-order valence-corrected chi connectivity index (χ2v) is 8.95. The van der Waals surface area contributed by atoms with Gasteiger partial charge in [-0.2, -0.15) is 4.31 Å². The van der Waals surface area contributed by atoms with E-state index in [2.05, 4.69) is 6.58 Å². The molecule has 29 heavy (non-hydrogen) atoms. The van der Waals surface area contributed by atoms with Crippen LogP contribution in [0.25, 0.3) is 10.8 Å². The van der Waals surface area contributed by atoms with Crippen molar-refractivity contribution in [1.82, 2.24) is 4.31 Å². The summed E-state index contributed by atoms with van der Waals surface area (Å²) in [6, 6.07) is 19.4. The lowest BCUT2D eigenvalue weighted by molar-refractivity contribution is 0.0355. The lowest BCUT2D eigenvalue weighted by Gasteiger charge is -2.36. The van der Waals surface area contributed by atoms with Gasteiger partial charge in [-0.15, -0.1) is 6.58 Å². The topological polar surface area (TPSA) is 63.7 Å². The van der Waals surface area contributed by atoms with Gasteiger partial charge in [0.2, 0.25) is 0 Å². The number of ether oxygens (including phenoxy) is 1. The first kappa shape index (κ1) is 19.2. The van der Waals surface area contributed by atoms with Gasteiger partial charge in [0.05, 0.1) is 10.9 Å². The van der Waals surface area contributed by atoms with E-state index in [-0.39, 0.29) is 4.90 Å². The maximum atomic E-state index is 13.1. The highest BCUT2D eigenvalue weighted by Crippen LogP contribution is 2.35. The maximum Gasteiger partial charge on any atom is 0.425 e. The first-order valence-electron chi connectivity index (χ1n) is 9.33. The smallest absolute Gasteiger partial charge is 0.425 e. The minimum atomic E-state index is -4.04. The number of amides is 1. The predicted octanol–water partition coefficient (Wildman–Crippen LogP) is 4.98. The Morgan fingerprint density at radius 2 is 1.72 bits per heavy atom. The Hall–Kier alpha value is -3.12. The molecular formula is C23H21NO4S. The predicted molar refractivity (Wildman–Crippen MR) is 112 cm³/mol. The van der Waals surface area contributed by atoms with E-state index in [1.807, 2.05) is 49.4 Å². The minimum Gasteiger partial charge on any atom is -0.440 e. The van der Waals surface area contributed by atoms with Crippen LogP contribution in [0.15, 0.2) is 84.3 Å². The summed E-state index contributed by atoms with van der Waals surface area (Å²) < 4.78 is 32.5. The summed E-state index contributed by atoms with van der Waals surface area (Å²) in [7, 11) is -4.04. The van der Waals surface area contributed by atoms with Crippen molar-refractivity contribution in [3.05, 3.63) is 90.5 Å². The van der Waals surface area contributed by atoms with Crippen molar-refractivity contribution in [1.29, 1.82) is 0 Å².